The Morgan fingerprint density at radius 3 is 2.70 bits per heavy atom. The molecular formula is C14H15ClN2O2S. The van der Waals surface area contributed by atoms with Crippen molar-refractivity contribution in [2.24, 2.45) is 0 Å². The lowest BCUT2D eigenvalue weighted by molar-refractivity contribution is 0.0697. The number of benzene rings is 1. The van der Waals surface area contributed by atoms with Crippen molar-refractivity contribution in [3.8, 4) is 0 Å². The normalized spacial score (nSPS) is 9.35. The van der Waals surface area contributed by atoms with Crippen LogP contribution in [-0.4, -0.2) is 22.3 Å². The van der Waals surface area contributed by atoms with Gasteiger partial charge in [-0.25, -0.2) is 4.79 Å². The number of pyridine rings is 1. The second kappa shape index (κ2) is 8.45. The number of halogens is 1. The van der Waals surface area contributed by atoms with E-state index < -0.39 is 5.97 Å². The number of carbonyl (C=O) groups is 1. The van der Waals surface area contributed by atoms with Crippen molar-refractivity contribution in [2.45, 2.75) is 6.54 Å². The van der Waals surface area contributed by atoms with Crippen molar-refractivity contribution in [3.63, 3.8) is 0 Å². The summed E-state index contributed by atoms with van der Waals surface area (Å²) >= 11 is 9.38. The molecule has 0 unspecified atom stereocenters. The quantitative estimate of drug-likeness (QED) is 0.755. The van der Waals surface area contributed by atoms with Gasteiger partial charge in [-0.2, -0.15) is 12.6 Å². The Balaban J connectivity index is 0.000000956. The molecule has 0 aliphatic carbocycles. The number of aromatic nitrogens is 1. The summed E-state index contributed by atoms with van der Waals surface area (Å²) in [7, 11) is 0. The van der Waals surface area contributed by atoms with E-state index in [2.05, 4.69) is 22.9 Å². The van der Waals surface area contributed by atoms with Crippen LogP contribution in [0, 0.1) is 0 Å². The molecule has 106 valence electrons. The molecule has 0 atom stereocenters. The lowest BCUT2D eigenvalue weighted by Gasteiger charge is -2.07. The molecule has 0 aliphatic heterocycles. The minimum Gasteiger partial charge on any atom is -0.478 e. The maximum absolute atomic E-state index is 10.9. The first-order chi connectivity index (χ1) is 9.65. The monoisotopic (exact) mass is 310 g/mol. The Morgan fingerprint density at radius 2 is 2.10 bits per heavy atom. The molecule has 0 saturated carbocycles. The zero-order chi connectivity index (χ0) is 15.0. The molecule has 1 aromatic carbocycles. The van der Waals surface area contributed by atoms with Crippen LogP contribution >= 0.6 is 24.2 Å². The first kappa shape index (κ1) is 16.3. The van der Waals surface area contributed by atoms with Crippen molar-refractivity contribution < 1.29 is 9.90 Å². The van der Waals surface area contributed by atoms with Gasteiger partial charge in [0.25, 0.3) is 0 Å². The summed E-state index contributed by atoms with van der Waals surface area (Å²) in [6.45, 7) is 0.514. The summed E-state index contributed by atoms with van der Waals surface area (Å²) < 4.78 is 0. The van der Waals surface area contributed by atoms with Gasteiger partial charge in [0.05, 0.1) is 17.8 Å². The number of hydrogen-bond acceptors (Lipinski definition) is 4. The van der Waals surface area contributed by atoms with Crippen molar-refractivity contribution in [1.82, 2.24) is 4.98 Å². The Kier molecular flexibility index (Phi) is 6.90. The predicted octanol–water partition coefficient (Wildman–Crippen LogP) is 3.59. The average Bonchev–Trinajstić information content (AvgIpc) is 2.48. The second-order valence-electron chi connectivity index (χ2n) is 3.71. The van der Waals surface area contributed by atoms with Crippen LogP contribution in [0.25, 0.3) is 0 Å². The lowest BCUT2D eigenvalue weighted by Crippen LogP contribution is -2.03. The van der Waals surface area contributed by atoms with E-state index in [1.165, 1.54) is 12.1 Å². The summed E-state index contributed by atoms with van der Waals surface area (Å²) in [6, 6.07) is 10.2. The minimum absolute atomic E-state index is 0.158. The van der Waals surface area contributed by atoms with Crippen LogP contribution in [0.4, 0.5) is 5.69 Å². The zero-order valence-electron chi connectivity index (χ0n) is 10.9. The van der Waals surface area contributed by atoms with Crippen molar-refractivity contribution in [3.05, 3.63) is 58.9 Å². The van der Waals surface area contributed by atoms with E-state index >= 15 is 0 Å². The van der Waals surface area contributed by atoms with Gasteiger partial charge in [-0.05, 0) is 36.6 Å². The number of hydrogen-bond donors (Lipinski definition) is 3. The third-order valence-corrected chi connectivity index (χ3v) is 2.56. The van der Waals surface area contributed by atoms with Crippen molar-refractivity contribution in [1.29, 1.82) is 0 Å². The fourth-order valence-electron chi connectivity index (χ4n) is 1.51. The van der Waals surface area contributed by atoms with Gasteiger partial charge in [-0.1, -0.05) is 17.7 Å². The maximum atomic E-state index is 10.9. The zero-order valence-corrected chi connectivity index (χ0v) is 12.5. The number of rotatable bonds is 4. The molecule has 0 radical (unpaired) electrons. The molecule has 4 nitrogen and oxygen atoms in total. The Labute approximate surface area is 128 Å². The second-order valence-corrected chi connectivity index (χ2v) is 4.14. The van der Waals surface area contributed by atoms with Gasteiger partial charge in [0.15, 0.2) is 0 Å². The number of carboxylic acids is 1. The minimum atomic E-state index is -1.00. The highest BCUT2D eigenvalue weighted by Crippen LogP contribution is 2.19. The molecule has 2 rings (SSSR count). The number of thiol groups is 1. The summed E-state index contributed by atoms with van der Waals surface area (Å²) in [6.07, 6.45) is 3.40. The van der Waals surface area contributed by atoms with Gasteiger partial charge in [0.1, 0.15) is 0 Å². The lowest BCUT2D eigenvalue weighted by atomic mass is 10.2. The van der Waals surface area contributed by atoms with Gasteiger partial charge in [-0.15, -0.1) is 0 Å². The third-order valence-electron chi connectivity index (χ3n) is 2.34. The third kappa shape index (κ3) is 5.11. The highest BCUT2D eigenvalue weighted by molar-refractivity contribution is 7.79. The van der Waals surface area contributed by atoms with Crippen LogP contribution in [-0.2, 0) is 6.54 Å². The number of anilines is 1. The number of carboxylic acid groups (broad SMARTS) is 1. The molecule has 0 saturated heterocycles. The molecule has 6 heteroatoms. The molecule has 0 fully saturated rings. The van der Waals surface area contributed by atoms with Crippen LogP contribution in [0.1, 0.15) is 16.1 Å². The highest BCUT2D eigenvalue weighted by atomic mass is 35.5. The van der Waals surface area contributed by atoms with E-state index in [-0.39, 0.29) is 5.56 Å². The first-order valence-electron chi connectivity index (χ1n) is 5.77. The Morgan fingerprint density at radius 1 is 1.35 bits per heavy atom. The molecule has 1 heterocycles. The van der Waals surface area contributed by atoms with Crippen LogP contribution in [0.15, 0.2) is 42.6 Å². The van der Waals surface area contributed by atoms with Gasteiger partial charge in [0.2, 0.25) is 0 Å². The Bertz CT molecular complexity index is 564. The first-order valence-corrected chi connectivity index (χ1v) is 7.05. The standard InChI is InChI=1S/C13H11ClN2O2.CH4S/c14-10-5-9(13(17)18)6-12(7-10)16-8-11-3-1-2-4-15-11;1-2/h1-7,16H,8H2,(H,17,18);2H,1H3. The molecule has 0 aliphatic rings. The molecule has 0 amide bonds. The number of aromatic carboxylic acids is 1. The summed E-state index contributed by atoms with van der Waals surface area (Å²) in [5.74, 6) is -1.00. The number of nitrogens with zero attached hydrogens (tertiary/aromatic N) is 1. The predicted molar refractivity (Wildman–Crippen MR) is 84.9 cm³/mol. The smallest absolute Gasteiger partial charge is 0.335 e. The molecule has 1 aromatic heterocycles. The highest BCUT2D eigenvalue weighted by Gasteiger charge is 2.06. The molecule has 20 heavy (non-hydrogen) atoms. The Hall–Kier alpha value is -1.72. The molecule has 2 aromatic rings. The summed E-state index contributed by atoms with van der Waals surface area (Å²) in [5, 5.41) is 12.4. The maximum Gasteiger partial charge on any atom is 0.335 e. The van der Waals surface area contributed by atoms with Crippen molar-refractivity contribution >= 4 is 35.9 Å². The van der Waals surface area contributed by atoms with E-state index in [1.807, 2.05) is 18.2 Å². The fourth-order valence-corrected chi connectivity index (χ4v) is 1.75. The number of nitrogens with one attached hydrogen (secondary N) is 1. The SMILES string of the molecule is CS.O=C(O)c1cc(Cl)cc(NCc2ccccn2)c1. The largest absolute Gasteiger partial charge is 0.478 e. The van der Waals surface area contributed by atoms with Crippen molar-refractivity contribution in [2.75, 3.05) is 11.6 Å². The van der Waals surface area contributed by atoms with E-state index in [1.54, 1.807) is 18.5 Å². The molecule has 0 bridgehead atoms. The molecule has 2 N–H and O–H groups in total. The van der Waals surface area contributed by atoms with Gasteiger partial charge < -0.3 is 10.4 Å². The van der Waals surface area contributed by atoms with Crippen LogP contribution in [0.3, 0.4) is 0 Å². The molecular weight excluding hydrogens is 296 g/mol. The van der Waals surface area contributed by atoms with Gasteiger partial charge in [-0.3, -0.25) is 4.98 Å². The average molecular weight is 311 g/mol. The van der Waals surface area contributed by atoms with Gasteiger partial charge >= 0.3 is 5.97 Å². The van der Waals surface area contributed by atoms with E-state index in [0.717, 1.165) is 5.69 Å². The summed E-state index contributed by atoms with van der Waals surface area (Å²) in [4.78, 5) is 15.0. The van der Waals surface area contributed by atoms with Crippen LogP contribution < -0.4 is 5.32 Å². The summed E-state index contributed by atoms with van der Waals surface area (Å²) in [5.41, 5.74) is 1.69. The van der Waals surface area contributed by atoms with E-state index in [0.29, 0.717) is 17.3 Å². The van der Waals surface area contributed by atoms with Gasteiger partial charge in [0, 0.05) is 16.9 Å². The van der Waals surface area contributed by atoms with E-state index in [4.69, 9.17) is 16.7 Å². The molecule has 0 spiro atoms. The van der Waals surface area contributed by atoms with Crippen LogP contribution in [0.5, 0.6) is 0 Å². The van der Waals surface area contributed by atoms with Crippen LogP contribution in [0.2, 0.25) is 5.02 Å². The van der Waals surface area contributed by atoms with E-state index in [9.17, 15) is 4.79 Å². The fraction of sp³-hybridized carbons (Fsp3) is 0.143. The topological polar surface area (TPSA) is 62.2 Å².